The van der Waals surface area contributed by atoms with Crippen molar-refractivity contribution in [3.05, 3.63) is 0 Å². The zero-order chi connectivity index (χ0) is 13.9. The fraction of sp³-hybridized carbons (Fsp3) is 0.818. The molecule has 1 fully saturated rings. The van der Waals surface area contributed by atoms with Crippen molar-refractivity contribution in [2.24, 2.45) is 11.8 Å². The van der Waals surface area contributed by atoms with E-state index in [0.29, 0.717) is 12.8 Å². The van der Waals surface area contributed by atoms with Crippen LogP contribution in [-0.2, 0) is 19.4 Å². The van der Waals surface area contributed by atoms with E-state index in [9.17, 15) is 18.0 Å². The van der Waals surface area contributed by atoms with Gasteiger partial charge >= 0.3 is 5.97 Å². The first-order valence-electron chi connectivity index (χ1n) is 5.97. The highest BCUT2D eigenvalue weighted by Crippen LogP contribution is 2.19. The van der Waals surface area contributed by atoms with Crippen molar-refractivity contribution >= 4 is 21.7 Å². The number of nitrogens with one attached hydrogen (secondary N) is 1. The summed E-state index contributed by atoms with van der Waals surface area (Å²) in [5.74, 6) is -2.73. The maximum atomic E-state index is 11.7. The third-order valence-corrected chi connectivity index (χ3v) is 5.80. The van der Waals surface area contributed by atoms with Gasteiger partial charge in [-0.05, 0) is 12.8 Å². The highest BCUT2D eigenvalue weighted by molar-refractivity contribution is 7.92. The van der Waals surface area contributed by atoms with Crippen molar-refractivity contribution in [1.29, 1.82) is 0 Å². The Labute approximate surface area is 107 Å². The van der Waals surface area contributed by atoms with Gasteiger partial charge in [-0.3, -0.25) is 9.59 Å². The third kappa shape index (κ3) is 3.44. The lowest BCUT2D eigenvalue weighted by Gasteiger charge is -2.17. The molecule has 1 rings (SSSR count). The molecule has 1 heterocycles. The Balaban J connectivity index is 2.49. The summed E-state index contributed by atoms with van der Waals surface area (Å²) in [5, 5.41) is 10.8. The van der Waals surface area contributed by atoms with E-state index in [2.05, 4.69) is 5.32 Å². The smallest absolute Gasteiger partial charge is 0.307 e. The molecular formula is C11H19NO5S. The van der Waals surface area contributed by atoms with E-state index in [1.54, 1.807) is 0 Å². The van der Waals surface area contributed by atoms with E-state index in [-0.39, 0.29) is 12.3 Å². The first kappa shape index (κ1) is 14.9. The van der Waals surface area contributed by atoms with Crippen LogP contribution in [0.3, 0.4) is 0 Å². The summed E-state index contributed by atoms with van der Waals surface area (Å²) in [7, 11) is -3.08. The molecule has 7 heteroatoms. The second kappa shape index (κ2) is 5.69. The summed E-state index contributed by atoms with van der Waals surface area (Å²) in [6, 6.07) is 0. The SMILES string of the molecule is CC(C(=O)O)C(C)C(=O)NCC1CCCS1(=O)=O. The number of amides is 1. The van der Waals surface area contributed by atoms with Gasteiger partial charge < -0.3 is 10.4 Å². The summed E-state index contributed by atoms with van der Waals surface area (Å²) >= 11 is 0. The maximum absolute atomic E-state index is 11.7. The van der Waals surface area contributed by atoms with Crippen LogP contribution in [0.4, 0.5) is 0 Å². The van der Waals surface area contributed by atoms with Gasteiger partial charge in [0.2, 0.25) is 5.91 Å². The molecule has 18 heavy (non-hydrogen) atoms. The second-order valence-electron chi connectivity index (χ2n) is 4.79. The average molecular weight is 277 g/mol. The van der Waals surface area contributed by atoms with Crippen molar-refractivity contribution in [2.75, 3.05) is 12.3 Å². The minimum absolute atomic E-state index is 0.0812. The summed E-state index contributed by atoms with van der Waals surface area (Å²) in [5.41, 5.74) is 0. The molecule has 0 radical (unpaired) electrons. The summed E-state index contributed by atoms with van der Waals surface area (Å²) < 4.78 is 23.1. The Kier molecular flexibility index (Phi) is 4.72. The van der Waals surface area contributed by atoms with Crippen LogP contribution in [0.15, 0.2) is 0 Å². The molecular weight excluding hydrogens is 258 g/mol. The highest BCUT2D eigenvalue weighted by Gasteiger charge is 2.32. The molecule has 1 saturated heterocycles. The Morgan fingerprint density at radius 2 is 1.94 bits per heavy atom. The number of carboxylic acids is 1. The minimum Gasteiger partial charge on any atom is -0.481 e. The van der Waals surface area contributed by atoms with Gasteiger partial charge in [0.25, 0.3) is 0 Å². The lowest BCUT2D eigenvalue weighted by molar-refractivity contribution is -0.146. The third-order valence-electron chi connectivity index (χ3n) is 3.52. The molecule has 3 unspecified atom stereocenters. The number of carbonyl (C=O) groups excluding carboxylic acids is 1. The molecule has 0 aromatic carbocycles. The highest BCUT2D eigenvalue weighted by atomic mass is 32.2. The molecule has 0 bridgehead atoms. The predicted molar refractivity (Wildman–Crippen MR) is 65.8 cm³/mol. The molecule has 3 atom stereocenters. The standard InChI is InChI=1S/C11H19NO5S/c1-7(8(2)11(14)15)10(13)12-6-9-4-3-5-18(9,16)17/h7-9H,3-6H2,1-2H3,(H,12,13)(H,14,15). The van der Waals surface area contributed by atoms with Crippen molar-refractivity contribution in [2.45, 2.75) is 31.9 Å². The Morgan fingerprint density at radius 3 is 2.39 bits per heavy atom. The molecule has 104 valence electrons. The van der Waals surface area contributed by atoms with Gasteiger partial charge in [-0.1, -0.05) is 13.8 Å². The van der Waals surface area contributed by atoms with Crippen molar-refractivity contribution in [3.8, 4) is 0 Å². The van der Waals surface area contributed by atoms with Crippen molar-refractivity contribution in [3.63, 3.8) is 0 Å². The van der Waals surface area contributed by atoms with Crippen LogP contribution in [0.25, 0.3) is 0 Å². The summed E-state index contributed by atoms with van der Waals surface area (Å²) in [6.07, 6.45) is 1.19. The van der Waals surface area contributed by atoms with Gasteiger partial charge in [0, 0.05) is 12.5 Å². The molecule has 0 aromatic rings. The Bertz CT molecular complexity index is 431. The van der Waals surface area contributed by atoms with Crippen LogP contribution in [0.5, 0.6) is 0 Å². The zero-order valence-corrected chi connectivity index (χ0v) is 11.4. The normalized spacial score (nSPS) is 25.3. The van der Waals surface area contributed by atoms with E-state index < -0.39 is 38.8 Å². The first-order chi connectivity index (χ1) is 8.25. The van der Waals surface area contributed by atoms with E-state index >= 15 is 0 Å². The van der Waals surface area contributed by atoms with Crippen LogP contribution < -0.4 is 5.32 Å². The lowest BCUT2D eigenvalue weighted by Crippen LogP contribution is -2.40. The number of rotatable bonds is 5. The average Bonchev–Trinajstić information content (AvgIpc) is 2.63. The van der Waals surface area contributed by atoms with Crippen molar-refractivity contribution in [1.82, 2.24) is 5.32 Å². The van der Waals surface area contributed by atoms with Crippen LogP contribution in [0.2, 0.25) is 0 Å². The van der Waals surface area contributed by atoms with Crippen LogP contribution in [-0.4, -0.2) is 42.9 Å². The zero-order valence-electron chi connectivity index (χ0n) is 10.5. The Morgan fingerprint density at radius 1 is 1.33 bits per heavy atom. The second-order valence-corrected chi connectivity index (χ2v) is 7.19. The first-order valence-corrected chi connectivity index (χ1v) is 7.69. The monoisotopic (exact) mass is 277 g/mol. The summed E-state index contributed by atoms with van der Waals surface area (Å²) in [4.78, 5) is 22.4. The van der Waals surface area contributed by atoms with Crippen LogP contribution in [0.1, 0.15) is 26.7 Å². The minimum atomic E-state index is -3.08. The van der Waals surface area contributed by atoms with Gasteiger partial charge in [-0.2, -0.15) is 0 Å². The molecule has 0 aromatic heterocycles. The maximum Gasteiger partial charge on any atom is 0.307 e. The van der Waals surface area contributed by atoms with E-state index in [4.69, 9.17) is 5.11 Å². The van der Waals surface area contributed by atoms with E-state index in [0.717, 1.165) is 0 Å². The Hall–Kier alpha value is -1.11. The number of hydrogen-bond donors (Lipinski definition) is 2. The predicted octanol–water partition coefficient (Wildman–Crippen LogP) is 0.0366. The molecule has 6 nitrogen and oxygen atoms in total. The fourth-order valence-electron chi connectivity index (χ4n) is 1.90. The summed E-state index contributed by atoms with van der Waals surface area (Å²) in [6.45, 7) is 3.06. The van der Waals surface area contributed by atoms with Crippen molar-refractivity contribution < 1.29 is 23.1 Å². The van der Waals surface area contributed by atoms with Gasteiger partial charge in [-0.15, -0.1) is 0 Å². The number of carbonyl (C=O) groups is 2. The molecule has 0 saturated carbocycles. The van der Waals surface area contributed by atoms with Gasteiger partial charge in [0.1, 0.15) is 0 Å². The fourth-order valence-corrected chi connectivity index (χ4v) is 3.67. The largest absolute Gasteiger partial charge is 0.481 e. The number of carboxylic acid groups (broad SMARTS) is 1. The number of sulfone groups is 1. The molecule has 0 spiro atoms. The van der Waals surface area contributed by atoms with E-state index in [1.165, 1.54) is 13.8 Å². The van der Waals surface area contributed by atoms with Crippen LogP contribution >= 0.6 is 0 Å². The molecule has 1 aliphatic rings. The van der Waals surface area contributed by atoms with Crippen LogP contribution in [0, 0.1) is 11.8 Å². The number of aliphatic carboxylic acids is 1. The molecule has 0 aliphatic carbocycles. The number of hydrogen-bond acceptors (Lipinski definition) is 4. The molecule has 2 N–H and O–H groups in total. The van der Waals surface area contributed by atoms with Gasteiger partial charge in [0.15, 0.2) is 9.84 Å². The quantitative estimate of drug-likeness (QED) is 0.738. The molecule has 1 amide bonds. The topological polar surface area (TPSA) is 101 Å². The van der Waals surface area contributed by atoms with Gasteiger partial charge in [0.05, 0.1) is 16.9 Å². The van der Waals surface area contributed by atoms with Gasteiger partial charge in [-0.25, -0.2) is 8.42 Å². The molecule has 1 aliphatic heterocycles. The van der Waals surface area contributed by atoms with E-state index in [1.807, 2.05) is 0 Å². The lowest BCUT2D eigenvalue weighted by atomic mass is 9.95.